The summed E-state index contributed by atoms with van der Waals surface area (Å²) in [5.74, 6) is 1.42. The number of ether oxygens (including phenoxy) is 1. The van der Waals surface area contributed by atoms with Gasteiger partial charge in [-0.3, -0.25) is 4.40 Å². The first-order valence-electron chi connectivity index (χ1n) is 8.64. The minimum Gasteiger partial charge on any atom is -0.495 e. The van der Waals surface area contributed by atoms with E-state index < -0.39 is 10.0 Å². The van der Waals surface area contributed by atoms with Gasteiger partial charge in [-0.1, -0.05) is 22.0 Å². The maximum atomic E-state index is 13.1. The molecule has 1 aliphatic heterocycles. The number of nitrogens with zero attached hydrogens (tertiary/aromatic N) is 4. The average Bonchev–Trinajstić information content (AvgIpc) is 3.12. The predicted octanol–water partition coefficient (Wildman–Crippen LogP) is 3.07. The number of fused-ring (bicyclic) bond motifs is 1. The first-order chi connectivity index (χ1) is 13.0. The summed E-state index contributed by atoms with van der Waals surface area (Å²) in [4.78, 5) is 0.186. The number of pyridine rings is 1. The lowest BCUT2D eigenvalue weighted by atomic mass is 9.97. The van der Waals surface area contributed by atoms with Crippen LogP contribution in [0.4, 0.5) is 0 Å². The van der Waals surface area contributed by atoms with Crippen molar-refractivity contribution in [2.75, 3.05) is 20.2 Å². The number of methoxy groups -OCH3 is 1. The van der Waals surface area contributed by atoms with Crippen molar-refractivity contribution in [1.29, 1.82) is 0 Å². The molecule has 0 unspecified atom stereocenters. The molecule has 4 rings (SSSR count). The van der Waals surface area contributed by atoms with E-state index >= 15 is 0 Å². The van der Waals surface area contributed by atoms with Gasteiger partial charge in [0.2, 0.25) is 10.0 Å². The highest BCUT2D eigenvalue weighted by molar-refractivity contribution is 9.10. The Hall–Kier alpha value is -1.97. The summed E-state index contributed by atoms with van der Waals surface area (Å²) in [5.41, 5.74) is 0.807. The molecule has 1 aromatic carbocycles. The molecule has 0 atom stereocenters. The van der Waals surface area contributed by atoms with E-state index in [1.165, 1.54) is 11.4 Å². The van der Waals surface area contributed by atoms with E-state index in [1.807, 2.05) is 28.8 Å². The summed E-state index contributed by atoms with van der Waals surface area (Å²) >= 11 is 3.34. The van der Waals surface area contributed by atoms with Crippen LogP contribution in [0, 0.1) is 0 Å². The number of hydrogen-bond acceptors (Lipinski definition) is 5. The number of hydrogen-bond donors (Lipinski definition) is 0. The number of halogens is 1. The SMILES string of the molecule is COc1ccc(Br)cc1S(=O)(=O)N1CCC(c2nnc3ccccn23)CC1. The van der Waals surface area contributed by atoms with Crippen LogP contribution < -0.4 is 4.74 Å². The van der Waals surface area contributed by atoms with Crippen molar-refractivity contribution < 1.29 is 13.2 Å². The van der Waals surface area contributed by atoms with E-state index in [1.54, 1.807) is 18.2 Å². The molecule has 0 N–H and O–H groups in total. The lowest BCUT2D eigenvalue weighted by Crippen LogP contribution is -2.38. The van der Waals surface area contributed by atoms with Gasteiger partial charge < -0.3 is 4.74 Å². The van der Waals surface area contributed by atoms with E-state index in [4.69, 9.17) is 4.74 Å². The van der Waals surface area contributed by atoms with Crippen molar-refractivity contribution in [2.45, 2.75) is 23.7 Å². The van der Waals surface area contributed by atoms with Gasteiger partial charge in [0.25, 0.3) is 0 Å². The lowest BCUT2D eigenvalue weighted by molar-refractivity contribution is 0.311. The topological polar surface area (TPSA) is 76.8 Å². The number of sulfonamides is 1. The van der Waals surface area contributed by atoms with Gasteiger partial charge in [-0.15, -0.1) is 10.2 Å². The molecule has 27 heavy (non-hydrogen) atoms. The van der Waals surface area contributed by atoms with Gasteiger partial charge in [0.1, 0.15) is 16.5 Å². The Morgan fingerprint density at radius 3 is 2.67 bits per heavy atom. The molecule has 1 aliphatic rings. The molecule has 0 aliphatic carbocycles. The Kier molecular flexibility index (Phi) is 4.92. The molecule has 0 radical (unpaired) electrons. The molecule has 1 fully saturated rings. The van der Waals surface area contributed by atoms with E-state index in [0.29, 0.717) is 36.2 Å². The molecule has 0 saturated carbocycles. The normalized spacial score (nSPS) is 16.7. The second-order valence-corrected chi connectivity index (χ2v) is 9.28. The minimum absolute atomic E-state index is 0.179. The Labute approximate surface area is 166 Å². The van der Waals surface area contributed by atoms with Crippen LogP contribution in [-0.4, -0.2) is 47.5 Å². The minimum atomic E-state index is -3.63. The van der Waals surface area contributed by atoms with Crippen LogP contribution in [0.1, 0.15) is 24.6 Å². The van der Waals surface area contributed by atoms with E-state index in [0.717, 1.165) is 11.5 Å². The average molecular weight is 451 g/mol. The molecule has 3 heterocycles. The zero-order valence-corrected chi connectivity index (χ0v) is 17.1. The molecule has 2 aromatic heterocycles. The van der Waals surface area contributed by atoms with E-state index in [9.17, 15) is 8.42 Å². The van der Waals surface area contributed by atoms with Gasteiger partial charge in [0.15, 0.2) is 5.65 Å². The van der Waals surface area contributed by atoms with Crippen LogP contribution in [0.25, 0.3) is 5.65 Å². The molecule has 7 nitrogen and oxygen atoms in total. The number of aromatic nitrogens is 3. The maximum absolute atomic E-state index is 13.1. The van der Waals surface area contributed by atoms with Crippen LogP contribution >= 0.6 is 15.9 Å². The van der Waals surface area contributed by atoms with Gasteiger partial charge >= 0.3 is 0 Å². The summed E-state index contributed by atoms with van der Waals surface area (Å²) in [6, 6.07) is 10.8. The molecule has 0 bridgehead atoms. The molecule has 0 amide bonds. The largest absolute Gasteiger partial charge is 0.495 e. The summed E-state index contributed by atoms with van der Waals surface area (Å²) in [5, 5.41) is 8.52. The van der Waals surface area contributed by atoms with Gasteiger partial charge in [0.05, 0.1) is 7.11 Å². The molecule has 3 aromatic rings. The second-order valence-electron chi connectivity index (χ2n) is 6.46. The van der Waals surface area contributed by atoms with Gasteiger partial charge in [-0.2, -0.15) is 4.31 Å². The van der Waals surface area contributed by atoms with Crippen molar-refractivity contribution >= 4 is 31.6 Å². The Morgan fingerprint density at radius 2 is 1.93 bits per heavy atom. The highest BCUT2D eigenvalue weighted by atomic mass is 79.9. The Bertz CT molecular complexity index is 1080. The third kappa shape index (κ3) is 3.35. The second kappa shape index (κ2) is 7.21. The summed E-state index contributed by atoms with van der Waals surface area (Å²) < 4.78 is 35.7. The fraction of sp³-hybridized carbons (Fsp3) is 0.333. The zero-order chi connectivity index (χ0) is 19.0. The fourth-order valence-electron chi connectivity index (χ4n) is 3.48. The third-order valence-electron chi connectivity index (χ3n) is 4.90. The number of piperidine rings is 1. The molecule has 142 valence electrons. The fourth-order valence-corrected chi connectivity index (χ4v) is 5.65. The van der Waals surface area contributed by atoms with Gasteiger partial charge in [0, 0.05) is 29.7 Å². The first-order valence-corrected chi connectivity index (χ1v) is 10.9. The van der Waals surface area contributed by atoms with Crippen molar-refractivity contribution in [3.8, 4) is 5.75 Å². The van der Waals surface area contributed by atoms with Gasteiger partial charge in [-0.25, -0.2) is 8.42 Å². The molecular formula is C18H19BrN4O3S. The molecule has 0 spiro atoms. The molecule has 1 saturated heterocycles. The summed E-state index contributed by atoms with van der Waals surface area (Å²) in [7, 11) is -2.15. The monoisotopic (exact) mass is 450 g/mol. The van der Waals surface area contributed by atoms with E-state index in [2.05, 4.69) is 26.1 Å². The lowest BCUT2D eigenvalue weighted by Gasteiger charge is -2.30. The van der Waals surface area contributed by atoms with Crippen LogP contribution in [0.3, 0.4) is 0 Å². The van der Waals surface area contributed by atoms with Crippen molar-refractivity contribution in [2.24, 2.45) is 0 Å². The quantitative estimate of drug-likeness (QED) is 0.610. The van der Waals surface area contributed by atoms with E-state index in [-0.39, 0.29) is 10.8 Å². The molecular weight excluding hydrogens is 432 g/mol. The third-order valence-corrected chi connectivity index (χ3v) is 7.32. The number of rotatable bonds is 4. The Morgan fingerprint density at radius 1 is 1.15 bits per heavy atom. The van der Waals surface area contributed by atoms with Crippen molar-refractivity contribution in [3.05, 3.63) is 52.9 Å². The van der Waals surface area contributed by atoms with Crippen molar-refractivity contribution in [3.63, 3.8) is 0 Å². The summed E-state index contributed by atoms with van der Waals surface area (Å²) in [6.45, 7) is 0.870. The number of benzene rings is 1. The van der Waals surface area contributed by atoms with Crippen LogP contribution in [-0.2, 0) is 10.0 Å². The van der Waals surface area contributed by atoms with Crippen LogP contribution in [0.2, 0.25) is 0 Å². The summed E-state index contributed by atoms with van der Waals surface area (Å²) in [6.07, 6.45) is 3.34. The smallest absolute Gasteiger partial charge is 0.246 e. The first kappa shape index (κ1) is 18.4. The standard InChI is InChI=1S/C18H19BrN4O3S/c1-26-15-6-5-14(19)12-16(15)27(24,25)22-10-7-13(8-11-22)18-21-20-17-4-2-3-9-23(17)18/h2-6,9,12-13H,7-8,10-11H2,1H3. The van der Waals surface area contributed by atoms with Crippen LogP contribution in [0.15, 0.2) is 52.0 Å². The maximum Gasteiger partial charge on any atom is 0.246 e. The highest BCUT2D eigenvalue weighted by Crippen LogP contribution is 2.34. The van der Waals surface area contributed by atoms with Crippen LogP contribution in [0.5, 0.6) is 5.75 Å². The Balaban J connectivity index is 1.56. The zero-order valence-electron chi connectivity index (χ0n) is 14.7. The predicted molar refractivity (Wildman–Crippen MR) is 104 cm³/mol. The van der Waals surface area contributed by atoms with Crippen molar-refractivity contribution in [1.82, 2.24) is 18.9 Å². The highest BCUT2D eigenvalue weighted by Gasteiger charge is 2.33. The molecule has 9 heteroatoms. The van der Waals surface area contributed by atoms with Gasteiger partial charge in [-0.05, 0) is 43.2 Å².